The molecule has 0 bridgehead atoms. The molecule has 1 aromatic carbocycles. The predicted molar refractivity (Wildman–Crippen MR) is 135 cm³/mol. The van der Waals surface area contributed by atoms with E-state index in [1.54, 1.807) is 13.0 Å². The Bertz CT molecular complexity index is 1370. The fourth-order valence-corrected chi connectivity index (χ4v) is 6.79. The number of aromatic amines is 1. The van der Waals surface area contributed by atoms with Crippen LogP contribution in [-0.2, 0) is 13.0 Å². The number of H-pyrrole nitrogens is 1. The third-order valence-electron chi connectivity index (χ3n) is 7.28. The Kier molecular flexibility index (Phi) is 5.75. The number of rotatable bonds is 6. The molecule has 2 fully saturated rings. The molecule has 2 aliphatic rings. The van der Waals surface area contributed by atoms with Crippen molar-refractivity contribution in [2.24, 2.45) is 5.41 Å². The Hall–Kier alpha value is -2.98. The first-order valence-electron chi connectivity index (χ1n) is 12.2. The molecule has 1 saturated carbocycles. The van der Waals surface area contributed by atoms with Crippen molar-refractivity contribution in [3.63, 3.8) is 0 Å². The molecule has 0 radical (unpaired) electrons. The minimum atomic E-state index is -4.23. The van der Waals surface area contributed by atoms with Crippen LogP contribution in [0, 0.1) is 12.3 Å². The van der Waals surface area contributed by atoms with Gasteiger partial charge in [0.2, 0.25) is 0 Å². The monoisotopic (exact) mass is 512 g/mol. The molecule has 4 heterocycles. The number of nitrogens with one attached hydrogen (secondary N) is 2. The molecule has 2 N–H and O–H groups in total. The molecular weight excluding hydrogens is 485 g/mol. The standard InChI is InChI=1S/C26H27F3N6S/c1-16-32-23(21-10-20(12-26(27,28)29)36-24(21)33-16)35-14-25(15-35)7-5-19(11-25)30-13-17-3-2-4-18(9-17)22-6-8-31-34-22/h2-4,6,8-10,19,30H,5,7,11-15H2,1H3,(H,31,34)/t19-/m1/s1. The van der Waals surface area contributed by atoms with E-state index in [0.29, 0.717) is 16.7 Å². The van der Waals surface area contributed by atoms with Crippen molar-refractivity contribution < 1.29 is 13.2 Å². The first-order valence-corrected chi connectivity index (χ1v) is 13.0. The number of thiophene rings is 1. The van der Waals surface area contributed by atoms with Crippen molar-refractivity contribution in [3.05, 3.63) is 58.9 Å². The van der Waals surface area contributed by atoms with Crippen molar-refractivity contribution >= 4 is 27.4 Å². The van der Waals surface area contributed by atoms with E-state index >= 15 is 0 Å². The van der Waals surface area contributed by atoms with Gasteiger partial charge < -0.3 is 10.2 Å². The van der Waals surface area contributed by atoms with Crippen LogP contribution in [0.2, 0.25) is 0 Å². The van der Waals surface area contributed by atoms with Crippen LogP contribution >= 0.6 is 11.3 Å². The molecule has 10 heteroatoms. The lowest BCUT2D eigenvalue weighted by Gasteiger charge is -2.49. The summed E-state index contributed by atoms with van der Waals surface area (Å²) in [4.78, 5) is 12.2. The topological polar surface area (TPSA) is 69.7 Å². The lowest BCUT2D eigenvalue weighted by atomic mass is 9.78. The van der Waals surface area contributed by atoms with E-state index in [1.807, 2.05) is 12.3 Å². The summed E-state index contributed by atoms with van der Waals surface area (Å²) in [6.45, 7) is 4.38. The van der Waals surface area contributed by atoms with Crippen molar-refractivity contribution in [2.45, 2.75) is 51.4 Å². The van der Waals surface area contributed by atoms with Gasteiger partial charge in [0.15, 0.2) is 0 Å². The van der Waals surface area contributed by atoms with Gasteiger partial charge in [-0.2, -0.15) is 18.3 Å². The zero-order valence-corrected chi connectivity index (χ0v) is 20.7. The number of alkyl halides is 3. The number of aromatic nitrogens is 4. The highest BCUT2D eigenvalue weighted by molar-refractivity contribution is 7.18. The lowest BCUT2D eigenvalue weighted by Crippen LogP contribution is -2.56. The molecular formula is C26H27F3N6S. The molecule has 36 heavy (non-hydrogen) atoms. The van der Waals surface area contributed by atoms with E-state index in [9.17, 15) is 13.2 Å². The second kappa shape index (κ2) is 8.85. The number of aryl methyl sites for hydroxylation is 1. The summed E-state index contributed by atoms with van der Waals surface area (Å²) in [5.41, 5.74) is 3.52. The van der Waals surface area contributed by atoms with Crippen LogP contribution in [0.25, 0.3) is 21.5 Å². The molecule has 6 nitrogen and oxygen atoms in total. The zero-order chi connectivity index (χ0) is 24.9. The Morgan fingerprint density at radius 2 is 2.06 bits per heavy atom. The van der Waals surface area contributed by atoms with Gasteiger partial charge in [-0.05, 0) is 49.9 Å². The normalized spacial score (nSPS) is 19.3. The van der Waals surface area contributed by atoms with E-state index in [-0.39, 0.29) is 10.3 Å². The Balaban J connectivity index is 1.09. The van der Waals surface area contributed by atoms with Crippen molar-refractivity contribution in [3.8, 4) is 11.3 Å². The Morgan fingerprint density at radius 3 is 2.83 bits per heavy atom. The minimum absolute atomic E-state index is 0.241. The Labute approximate surface area is 211 Å². The molecule has 188 valence electrons. The summed E-state index contributed by atoms with van der Waals surface area (Å²) in [6.07, 6.45) is 0.0429. The molecule has 1 saturated heterocycles. The average Bonchev–Trinajstić information content (AvgIpc) is 3.55. The van der Waals surface area contributed by atoms with E-state index in [2.05, 4.69) is 54.6 Å². The summed E-state index contributed by atoms with van der Waals surface area (Å²) >= 11 is 1.12. The summed E-state index contributed by atoms with van der Waals surface area (Å²) in [5, 5.41) is 11.6. The average molecular weight is 513 g/mol. The van der Waals surface area contributed by atoms with Gasteiger partial charge in [-0.3, -0.25) is 5.10 Å². The maximum atomic E-state index is 12.9. The summed E-state index contributed by atoms with van der Waals surface area (Å²) < 4.78 is 38.8. The number of anilines is 1. The molecule has 4 aromatic rings. The highest BCUT2D eigenvalue weighted by Crippen LogP contribution is 2.48. The maximum Gasteiger partial charge on any atom is 0.393 e. The highest BCUT2D eigenvalue weighted by Gasteiger charge is 2.48. The van der Waals surface area contributed by atoms with Gasteiger partial charge in [-0.25, -0.2) is 9.97 Å². The number of hydrogen-bond donors (Lipinski definition) is 2. The van der Waals surface area contributed by atoms with Gasteiger partial charge in [0.05, 0.1) is 17.5 Å². The molecule has 1 atom stereocenters. The van der Waals surface area contributed by atoms with Crippen LogP contribution in [0.5, 0.6) is 0 Å². The molecule has 6 rings (SSSR count). The van der Waals surface area contributed by atoms with Gasteiger partial charge in [0.1, 0.15) is 16.5 Å². The molecule has 1 spiro atoms. The smallest absolute Gasteiger partial charge is 0.355 e. The number of halogens is 3. The third-order valence-corrected chi connectivity index (χ3v) is 8.31. The third kappa shape index (κ3) is 4.71. The second-order valence-corrected chi connectivity index (χ2v) is 11.3. The quantitative estimate of drug-likeness (QED) is 0.350. The van der Waals surface area contributed by atoms with Crippen LogP contribution < -0.4 is 10.2 Å². The van der Waals surface area contributed by atoms with Gasteiger partial charge >= 0.3 is 6.18 Å². The first kappa shape index (κ1) is 23.4. The second-order valence-electron chi connectivity index (χ2n) is 10.2. The van der Waals surface area contributed by atoms with Gasteiger partial charge in [0.25, 0.3) is 0 Å². The van der Waals surface area contributed by atoms with Crippen LogP contribution in [0.4, 0.5) is 19.0 Å². The fourth-order valence-electron chi connectivity index (χ4n) is 5.69. The first-order chi connectivity index (χ1) is 17.3. The van der Waals surface area contributed by atoms with Crippen LogP contribution in [0.1, 0.15) is 35.5 Å². The SMILES string of the molecule is Cc1nc(N2CC3(CC[C@@H](NCc4cccc(-c5cc[nH]n5)c4)C3)C2)c2cc(CC(F)(F)F)sc2n1. The van der Waals surface area contributed by atoms with E-state index < -0.39 is 12.6 Å². The molecule has 3 aromatic heterocycles. The van der Waals surface area contributed by atoms with Crippen molar-refractivity contribution in [1.29, 1.82) is 0 Å². The van der Waals surface area contributed by atoms with Crippen LogP contribution in [-0.4, -0.2) is 45.5 Å². The fraction of sp³-hybridized carbons (Fsp3) is 0.423. The number of benzene rings is 1. The highest BCUT2D eigenvalue weighted by atomic mass is 32.1. The van der Waals surface area contributed by atoms with Crippen LogP contribution in [0.15, 0.2) is 42.6 Å². The summed E-state index contributed by atoms with van der Waals surface area (Å²) in [7, 11) is 0. The molecule has 0 amide bonds. The van der Waals surface area contributed by atoms with Crippen molar-refractivity contribution in [1.82, 2.24) is 25.5 Å². The lowest BCUT2D eigenvalue weighted by molar-refractivity contribution is -0.126. The van der Waals surface area contributed by atoms with Crippen molar-refractivity contribution in [2.75, 3.05) is 18.0 Å². The van der Waals surface area contributed by atoms with E-state index in [0.717, 1.165) is 72.7 Å². The number of fused-ring (bicyclic) bond motifs is 1. The molecule has 0 unspecified atom stereocenters. The van der Waals surface area contributed by atoms with E-state index in [4.69, 9.17) is 0 Å². The number of nitrogens with zero attached hydrogens (tertiary/aromatic N) is 4. The maximum absolute atomic E-state index is 12.9. The minimum Gasteiger partial charge on any atom is -0.355 e. The zero-order valence-electron chi connectivity index (χ0n) is 19.9. The Morgan fingerprint density at radius 1 is 1.19 bits per heavy atom. The van der Waals surface area contributed by atoms with Gasteiger partial charge in [-0.15, -0.1) is 11.3 Å². The largest absolute Gasteiger partial charge is 0.393 e. The van der Waals surface area contributed by atoms with Gasteiger partial charge in [0, 0.05) is 47.7 Å². The van der Waals surface area contributed by atoms with Crippen LogP contribution in [0.3, 0.4) is 0 Å². The summed E-state index contributed by atoms with van der Waals surface area (Å²) in [6, 6.07) is 12.5. The molecule has 1 aliphatic heterocycles. The van der Waals surface area contributed by atoms with Gasteiger partial charge in [-0.1, -0.05) is 18.2 Å². The predicted octanol–water partition coefficient (Wildman–Crippen LogP) is 5.64. The molecule has 1 aliphatic carbocycles. The summed E-state index contributed by atoms with van der Waals surface area (Å²) in [5.74, 6) is 1.38. The number of hydrogen-bond acceptors (Lipinski definition) is 6. The van der Waals surface area contributed by atoms with E-state index in [1.165, 1.54) is 5.56 Å².